The van der Waals surface area contributed by atoms with E-state index in [4.69, 9.17) is 20.1 Å². The Hall–Kier alpha value is 0.648. The molecular weight excluding hydrogens is 1340 g/mol. The summed E-state index contributed by atoms with van der Waals surface area (Å²) < 4.78 is 5.90. The Morgan fingerprint density at radius 2 is 0.535 bits per heavy atom. The second-order valence-electron chi connectivity index (χ2n) is 27.4. The molecule has 86 heavy (non-hydrogen) atoms. The summed E-state index contributed by atoms with van der Waals surface area (Å²) in [6.45, 7) is 18.5. The SMILES string of the molecule is CCCCCCCCCCC[CH2][Sb]([Cl])([CH2]CCCCCCC)([CH2]CCCCCCC)[CH2]CCCCCCC.CCCCP(Cl)(CCCC)(CCCC)CCCC.IPCCCCCCCCCC(c1ccccc1)(c1ccccc1)c1ccccc1. The molecule has 0 aliphatic carbocycles. The molecule has 0 aromatic heterocycles. The predicted octanol–water partition coefficient (Wildman–Crippen LogP) is 31.2. The topological polar surface area (TPSA) is 0 Å². The maximum Gasteiger partial charge on any atom is 0.0451 e. The van der Waals surface area contributed by atoms with Gasteiger partial charge < -0.3 is 0 Å². The smallest absolute Gasteiger partial charge is 0.0451 e. The molecule has 3 aromatic carbocycles. The Morgan fingerprint density at radius 1 is 0.314 bits per heavy atom. The molecule has 0 aliphatic heterocycles. The molecule has 6 heteroatoms. The molecule has 0 amide bonds. The van der Waals surface area contributed by atoms with E-state index in [1.165, 1.54) is 341 Å². The number of hydrogen-bond acceptors (Lipinski definition) is 0. The maximum atomic E-state index is 8.23. The molecule has 3 rings (SSSR count). The molecule has 0 fully saturated rings. The van der Waals surface area contributed by atoms with Crippen molar-refractivity contribution in [2.24, 2.45) is 0 Å². The van der Waals surface area contributed by atoms with Crippen LogP contribution in [0.1, 0.15) is 355 Å². The monoisotopic (exact) mass is 1490 g/mol. The van der Waals surface area contributed by atoms with E-state index in [1.807, 2.05) is 0 Å². The number of halogens is 3. The minimum atomic E-state index is -3.10. The molecule has 0 saturated carbocycles. The van der Waals surface area contributed by atoms with Gasteiger partial charge in [-0.15, -0.1) is 0 Å². The Kier molecular flexibility index (Phi) is 55.2. The summed E-state index contributed by atoms with van der Waals surface area (Å²) in [7, 11) is 8.23. The molecule has 0 radical (unpaired) electrons. The first-order valence-electron chi connectivity index (χ1n) is 37.9. The van der Waals surface area contributed by atoms with E-state index in [0.29, 0.717) is 0 Å². The van der Waals surface area contributed by atoms with E-state index in [9.17, 15) is 0 Å². The molecule has 0 heterocycles. The molecular formula is C80H146Cl2IP2Sb. The van der Waals surface area contributed by atoms with Gasteiger partial charge in [0.2, 0.25) is 0 Å². The molecule has 0 spiro atoms. The maximum absolute atomic E-state index is 8.23. The molecule has 1 atom stereocenters. The van der Waals surface area contributed by atoms with Gasteiger partial charge in [-0.2, -0.15) is 0 Å². The van der Waals surface area contributed by atoms with Crippen molar-refractivity contribution < 1.29 is 0 Å². The first kappa shape index (κ1) is 84.7. The summed E-state index contributed by atoms with van der Waals surface area (Å²) >= 11 is 6.86. The van der Waals surface area contributed by atoms with Gasteiger partial charge in [-0.05, 0) is 35.7 Å². The van der Waals surface area contributed by atoms with Crippen LogP contribution in [0.3, 0.4) is 0 Å². The van der Waals surface area contributed by atoms with E-state index in [1.54, 1.807) is 0 Å². The minimum Gasteiger partial charge on any atom is -0.0622 e. The molecule has 0 nitrogen and oxygen atoms in total. The molecule has 0 saturated heterocycles. The first-order chi connectivity index (χ1) is 42.0. The van der Waals surface area contributed by atoms with Crippen molar-refractivity contribution >= 4 is 70.5 Å². The Morgan fingerprint density at radius 3 is 0.779 bits per heavy atom. The van der Waals surface area contributed by atoms with Gasteiger partial charge in [-0.25, -0.2) is 0 Å². The van der Waals surface area contributed by atoms with Gasteiger partial charge >= 0.3 is 371 Å². The molecule has 1 unspecified atom stereocenters. The Labute approximate surface area is 564 Å². The first-order valence-corrected chi connectivity index (χ1v) is 56.6. The predicted molar refractivity (Wildman–Crippen MR) is 418 cm³/mol. The number of unbranched alkanes of at least 4 members (excludes halogenated alkanes) is 34. The largest absolute Gasteiger partial charge is 0.0622 e. The summed E-state index contributed by atoms with van der Waals surface area (Å²) in [4.78, 5) is 0. The van der Waals surface area contributed by atoms with Crippen molar-refractivity contribution in [3.63, 3.8) is 0 Å². The van der Waals surface area contributed by atoms with Crippen LogP contribution in [0, 0.1) is 0 Å². The third-order valence-corrected chi connectivity index (χ3v) is 50.5. The molecule has 0 aliphatic rings. The quantitative estimate of drug-likeness (QED) is 0.0174. The van der Waals surface area contributed by atoms with Crippen molar-refractivity contribution in [3.05, 3.63) is 108 Å². The fourth-order valence-corrected chi connectivity index (χ4v) is 41.3. The minimum absolute atomic E-state index is 0.0784. The van der Waals surface area contributed by atoms with Gasteiger partial charge in [0.15, 0.2) is 0 Å². The van der Waals surface area contributed by atoms with Gasteiger partial charge in [-0.3, -0.25) is 0 Å². The van der Waals surface area contributed by atoms with Crippen molar-refractivity contribution in [2.75, 3.05) is 30.8 Å². The van der Waals surface area contributed by atoms with Crippen LogP contribution in [0.15, 0.2) is 91.0 Å². The van der Waals surface area contributed by atoms with E-state index >= 15 is 0 Å². The average Bonchev–Trinajstić information content (AvgIpc) is 1.55. The Bertz CT molecular complexity index is 1700. The third-order valence-electron chi connectivity index (χ3n) is 19.7. The van der Waals surface area contributed by atoms with Crippen LogP contribution in [0.4, 0.5) is 0 Å². The van der Waals surface area contributed by atoms with Crippen LogP contribution in [0.2, 0.25) is 17.5 Å². The average molecular weight is 1490 g/mol. The van der Waals surface area contributed by atoms with Crippen LogP contribution in [0.5, 0.6) is 0 Å². The third kappa shape index (κ3) is 39.4. The van der Waals surface area contributed by atoms with Gasteiger partial charge in [0, 0.05) is 5.41 Å². The van der Waals surface area contributed by atoms with Crippen molar-refractivity contribution in [2.45, 2.75) is 361 Å². The zero-order valence-corrected chi connectivity index (χ0v) is 66.8. The fraction of sp³-hybridized carbons (Fsp3) is 0.775. The van der Waals surface area contributed by atoms with Crippen LogP contribution >= 0.6 is 54.3 Å². The standard InChI is InChI=1S/C28H34IP.C16H36ClP.C12H25.3C8H17.ClH.Sb/c29-30-24-16-5-3-1-2-4-15-23-28(25-17-9-6-10-18-25,26-19-11-7-12-20-26)27-21-13-8-14-22-27;1-5-9-13-18(17,14-10-6-2,15-11-7-3)16-12-8-4;1-3-5-7-9-11-12-10-8-6-4-2;3*1-3-5-7-8-6-4-2;;/h6-14,17-22,30H,1-5,15-16,23-24H2;5-16H2,1-4H3;1,3-12H2,2H3;3*1,3-8H2,2H3;1H;/q;;;;;;;+1/p-1. The van der Waals surface area contributed by atoms with E-state index in [-0.39, 0.29) is 5.41 Å². The summed E-state index contributed by atoms with van der Waals surface area (Å²) in [5, 5.41) is 0. The Balaban J connectivity index is 0.000000685. The number of benzene rings is 3. The van der Waals surface area contributed by atoms with Crippen LogP contribution < -0.4 is 0 Å². The summed E-state index contributed by atoms with van der Waals surface area (Å²) in [5.41, 5.74) is 4.14. The van der Waals surface area contributed by atoms with Gasteiger partial charge in [0.1, 0.15) is 0 Å². The van der Waals surface area contributed by atoms with Crippen molar-refractivity contribution in [1.82, 2.24) is 0 Å². The summed E-state index contributed by atoms with van der Waals surface area (Å²) in [6.07, 6.45) is 69.3. The van der Waals surface area contributed by atoms with Crippen LogP contribution in [0.25, 0.3) is 0 Å². The molecule has 0 N–H and O–H groups in total. The van der Waals surface area contributed by atoms with Crippen molar-refractivity contribution in [1.29, 1.82) is 0 Å². The zero-order chi connectivity index (χ0) is 62.9. The molecule has 3 aromatic rings. The number of hydrogen-bond donors (Lipinski definition) is 0. The van der Waals surface area contributed by atoms with Gasteiger partial charge in [0.25, 0.3) is 0 Å². The summed E-state index contributed by atoms with van der Waals surface area (Å²) in [6, 6.07) is 33.4. The molecule has 502 valence electrons. The second-order valence-corrected chi connectivity index (χ2v) is 60.7. The number of rotatable bonds is 57. The van der Waals surface area contributed by atoms with E-state index < -0.39 is 22.2 Å². The molecule has 0 bridgehead atoms. The normalized spacial score (nSPS) is 13.0. The summed E-state index contributed by atoms with van der Waals surface area (Å²) in [5.74, 6) is -1.89. The van der Waals surface area contributed by atoms with Gasteiger partial charge in [-0.1, -0.05) is 158 Å². The zero-order valence-electron chi connectivity index (χ0n) is 58.7. The van der Waals surface area contributed by atoms with Crippen LogP contribution in [-0.4, -0.2) is 47.1 Å². The van der Waals surface area contributed by atoms with Crippen molar-refractivity contribution in [3.8, 4) is 0 Å². The van der Waals surface area contributed by atoms with E-state index in [2.05, 4.69) is 168 Å². The second kappa shape index (κ2) is 56.0. The van der Waals surface area contributed by atoms with Crippen LogP contribution in [-0.2, 0) is 5.41 Å². The van der Waals surface area contributed by atoms with E-state index in [0.717, 1.165) is 12.6 Å². The fourth-order valence-electron chi connectivity index (χ4n) is 14.0. The van der Waals surface area contributed by atoms with Gasteiger partial charge in [0.05, 0.1) is 0 Å².